The van der Waals surface area contributed by atoms with Crippen molar-refractivity contribution in [1.82, 2.24) is 29.9 Å². The van der Waals surface area contributed by atoms with Gasteiger partial charge in [-0.05, 0) is 17.5 Å². The van der Waals surface area contributed by atoms with Gasteiger partial charge in [-0.2, -0.15) is 0 Å². The molecular formula is C40H24N6. The third-order valence-corrected chi connectivity index (χ3v) is 8.39. The quantitative estimate of drug-likeness (QED) is 0.191. The lowest BCUT2D eigenvalue weighted by atomic mass is 9.98. The first-order valence-corrected chi connectivity index (χ1v) is 15.1. The summed E-state index contributed by atoms with van der Waals surface area (Å²) in [5.74, 6) is 1.89. The molecule has 0 saturated carbocycles. The summed E-state index contributed by atoms with van der Waals surface area (Å²) < 4.78 is 0. The molecule has 0 atom stereocenters. The lowest BCUT2D eigenvalue weighted by Gasteiger charge is -2.13. The Bertz CT molecular complexity index is 2510. The first-order chi connectivity index (χ1) is 22.8. The predicted octanol–water partition coefficient (Wildman–Crippen LogP) is 9.34. The monoisotopic (exact) mass is 588 g/mol. The van der Waals surface area contributed by atoms with Crippen molar-refractivity contribution >= 4 is 43.5 Å². The van der Waals surface area contributed by atoms with Gasteiger partial charge in [-0.3, -0.25) is 9.97 Å². The van der Waals surface area contributed by atoms with Crippen LogP contribution in [0.2, 0.25) is 0 Å². The van der Waals surface area contributed by atoms with Crippen LogP contribution in [0.5, 0.6) is 0 Å². The highest BCUT2D eigenvalue weighted by Crippen LogP contribution is 2.36. The van der Waals surface area contributed by atoms with Gasteiger partial charge in [0.2, 0.25) is 0 Å². The average Bonchev–Trinajstić information content (AvgIpc) is 3.14. The van der Waals surface area contributed by atoms with E-state index in [1.54, 1.807) is 0 Å². The van der Waals surface area contributed by atoms with Gasteiger partial charge in [0.05, 0.1) is 22.2 Å². The van der Waals surface area contributed by atoms with E-state index in [1.807, 2.05) is 79.1 Å². The number of rotatable bonds is 4. The van der Waals surface area contributed by atoms with E-state index in [0.29, 0.717) is 17.5 Å². The number of nitrogens with zero attached hydrogens (tertiary/aromatic N) is 6. The van der Waals surface area contributed by atoms with Crippen LogP contribution in [-0.2, 0) is 0 Å². The molecule has 0 aliphatic rings. The van der Waals surface area contributed by atoms with E-state index in [2.05, 4.69) is 71.7 Å². The topological polar surface area (TPSA) is 77.3 Å². The Morgan fingerprint density at radius 3 is 1.59 bits per heavy atom. The van der Waals surface area contributed by atoms with Gasteiger partial charge in [0, 0.05) is 56.2 Å². The van der Waals surface area contributed by atoms with Crippen LogP contribution in [0.25, 0.3) is 88.9 Å². The van der Waals surface area contributed by atoms with E-state index in [4.69, 9.17) is 24.9 Å². The van der Waals surface area contributed by atoms with Crippen LogP contribution in [0.3, 0.4) is 0 Å². The van der Waals surface area contributed by atoms with E-state index in [-0.39, 0.29) is 0 Å². The number of fused-ring (bicyclic) bond motifs is 7. The largest absolute Gasteiger partial charge is 0.254 e. The molecule has 46 heavy (non-hydrogen) atoms. The van der Waals surface area contributed by atoms with Crippen LogP contribution in [0, 0.1) is 0 Å². The predicted molar refractivity (Wildman–Crippen MR) is 185 cm³/mol. The molecule has 5 aromatic carbocycles. The van der Waals surface area contributed by atoms with E-state index >= 15 is 0 Å². The zero-order valence-electron chi connectivity index (χ0n) is 24.5. The van der Waals surface area contributed by atoms with Crippen LogP contribution in [-0.4, -0.2) is 29.9 Å². The van der Waals surface area contributed by atoms with E-state index < -0.39 is 0 Å². The summed E-state index contributed by atoms with van der Waals surface area (Å²) in [6.07, 6.45) is 3.75. The fraction of sp³-hybridized carbons (Fsp3) is 0. The highest BCUT2D eigenvalue weighted by Gasteiger charge is 2.16. The minimum Gasteiger partial charge on any atom is -0.254 e. The fourth-order valence-electron chi connectivity index (χ4n) is 6.14. The first-order valence-electron chi connectivity index (χ1n) is 15.1. The Kier molecular flexibility index (Phi) is 6.03. The molecule has 214 valence electrons. The van der Waals surface area contributed by atoms with Crippen LogP contribution >= 0.6 is 0 Å². The molecule has 0 spiro atoms. The molecule has 0 bridgehead atoms. The lowest BCUT2D eigenvalue weighted by Crippen LogP contribution is -2.00. The maximum absolute atomic E-state index is 5.31. The second-order valence-electron chi connectivity index (χ2n) is 11.2. The SMILES string of the molecule is c1ccc(-c2nc(-c3ccccc3)nc(-c3ccc(-c4nc5c(cnc6c5ccc5cccnc56)c5ccccc45)cc3)n2)cc1. The molecule has 0 aliphatic carbocycles. The van der Waals surface area contributed by atoms with Crippen molar-refractivity contribution in [2.24, 2.45) is 0 Å². The van der Waals surface area contributed by atoms with Gasteiger partial charge >= 0.3 is 0 Å². The molecule has 0 unspecified atom stereocenters. The van der Waals surface area contributed by atoms with Gasteiger partial charge < -0.3 is 0 Å². The summed E-state index contributed by atoms with van der Waals surface area (Å²) in [5.41, 5.74) is 7.34. The van der Waals surface area contributed by atoms with Gasteiger partial charge in [0.25, 0.3) is 0 Å². The number of pyridine rings is 3. The molecule has 0 saturated heterocycles. The Morgan fingerprint density at radius 1 is 0.326 bits per heavy atom. The van der Waals surface area contributed by atoms with Crippen LogP contribution in [0.1, 0.15) is 0 Å². The van der Waals surface area contributed by atoms with Gasteiger partial charge in [0.1, 0.15) is 0 Å². The van der Waals surface area contributed by atoms with E-state index in [1.165, 1.54) is 0 Å². The van der Waals surface area contributed by atoms with E-state index in [9.17, 15) is 0 Å². The standard InChI is InChI=1S/C40H24N6/c1-3-10-27(11-4-1)38-44-39(28-12-5-2-6-13-28)46-40(45-38)29-19-17-26(18-20-29)34-31-16-8-7-15-30(31)33-24-42-37-32(36(33)43-34)22-21-25-14-9-23-41-35(25)37/h1-24H. The Labute approximate surface area is 264 Å². The molecule has 0 N–H and O–H groups in total. The van der Waals surface area contributed by atoms with Gasteiger partial charge in [-0.25, -0.2) is 19.9 Å². The molecule has 9 aromatic rings. The molecule has 4 aromatic heterocycles. The maximum atomic E-state index is 5.31. The number of hydrogen-bond acceptors (Lipinski definition) is 6. The molecule has 0 amide bonds. The summed E-state index contributed by atoms with van der Waals surface area (Å²) >= 11 is 0. The zero-order chi connectivity index (χ0) is 30.5. The van der Waals surface area contributed by atoms with Gasteiger partial charge in [-0.1, -0.05) is 121 Å². The lowest BCUT2D eigenvalue weighted by molar-refractivity contribution is 1.07. The smallest absolute Gasteiger partial charge is 0.164 e. The summed E-state index contributed by atoms with van der Waals surface area (Å²) in [6.45, 7) is 0. The van der Waals surface area contributed by atoms with Crippen LogP contribution in [0.15, 0.2) is 146 Å². The second kappa shape index (κ2) is 10.6. The van der Waals surface area contributed by atoms with Crippen LogP contribution < -0.4 is 0 Å². The van der Waals surface area contributed by atoms with Crippen molar-refractivity contribution in [3.8, 4) is 45.4 Å². The Hall–Kier alpha value is -6.40. The van der Waals surface area contributed by atoms with Crippen molar-refractivity contribution in [2.45, 2.75) is 0 Å². The van der Waals surface area contributed by atoms with Crippen molar-refractivity contribution in [3.63, 3.8) is 0 Å². The summed E-state index contributed by atoms with van der Waals surface area (Å²) in [7, 11) is 0. The van der Waals surface area contributed by atoms with Crippen LogP contribution in [0.4, 0.5) is 0 Å². The molecule has 4 heterocycles. The normalized spacial score (nSPS) is 11.5. The van der Waals surface area contributed by atoms with Crippen molar-refractivity contribution in [2.75, 3.05) is 0 Å². The zero-order valence-corrected chi connectivity index (χ0v) is 24.5. The molecule has 6 heteroatoms. The Balaban J connectivity index is 1.21. The summed E-state index contributed by atoms with van der Waals surface area (Å²) in [6, 6.07) is 45.0. The van der Waals surface area contributed by atoms with Gasteiger partial charge in [0.15, 0.2) is 17.5 Å². The fourth-order valence-corrected chi connectivity index (χ4v) is 6.14. The molecule has 9 rings (SSSR count). The van der Waals surface area contributed by atoms with E-state index in [0.717, 1.165) is 71.4 Å². The van der Waals surface area contributed by atoms with Crippen molar-refractivity contribution < 1.29 is 0 Å². The van der Waals surface area contributed by atoms with Gasteiger partial charge in [-0.15, -0.1) is 0 Å². The summed E-state index contributed by atoms with van der Waals surface area (Å²) in [5, 5.41) is 5.24. The minimum atomic E-state index is 0.618. The molecular weight excluding hydrogens is 564 g/mol. The number of hydrogen-bond donors (Lipinski definition) is 0. The third kappa shape index (κ3) is 4.35. The molecule has 0 fully saturated rings. The highest BCUT2D eigenvalue weighted by atomic mass is 15.0. The molecule has 0 aliphatic heterocycles. The number of benzene rings is 5. The third-order valence-electron chi connectivity index (χ3n) is 8.39. The first kappa shape index (κ1) is 26.0. The Morgan fingerprint density at radius 2 is 0.913 bits per heavy atom. The highest BCUT2D eigenvalue weighted by molar-refractivity contribution is 6.20. The minimum absolute atomic E-state index is 0.618. The molecule has 0 radical (unpaired) electrons. The average molecular weight is 589 g/mol. The number of aromatic nitrogens is 6. The second-order valence-corrected chi connectivity index (χ2v) is 11.2. The van der Waals surface area contributed by atoms with Crippen molar-refractivity contribution in [3.05, 3.63) is 146 Å². The maximum Gasteiger partial charge on any atom is 0.164 e. The van der Waals surface area contributed by atoms with Crippen molar-refractivity contribution in [1.29, 1.82) is 0 Å². The summed E-state index contributed by atoms with van der Waals surface area (Å²) in [4.78, 5) is 29.5. The molecule has 6 nitrogen and oxygen atoms in total.